The molecule has 0 radical (unpaired) electrons. The van der Waals surface area contributed by atoms with E-state index in [-0.39, 0.29) is 24.4 Å². The van der Waals surface area contributed by atoms with Gasteiger partial charge in [0.15, 0.2) is 0 Å². The van der Waals surface area contributed by atoms with Crippen LogP contribution in [0, 0.1) is 185 Å². The number of benzene rings is 4. The Bertz CT molecular complexity index is 3840. The fourth-order valence-electron chi connectivity index (χ4n) is 39.4. The zero-order chi connectivity index (χ0) is 93.7. The van der Waals surface area contributed by atoms with Crippen molar-refractivity contribution < 1.29 is 40.9 Å². The fourth-order valence-corrected chi connectivity index (χ4v) is 39.4. The van der Waals surface area contributed by atoms with Crippen LogP contribution in [-0.2, 0) is 25.7 Å². The van der Waals surface area contributed by atoms with Crippen molar-refractivity contribution in [2.24, 2.45) is 185 Å². The summed E-state index contributed by atoms with van der Waals surface area (Å²) in [6.07, 6.45) is 51.2. The highest BCUT2D eigenvalue weighted by atomic mass is 16.3. The lowest BCUT2D eigenvalue weighted by Crippen LogP contribution is -2.56. The maximum Gasteiger partial charge on any atom is 0.0648 e. The molecule has 8 N–H and O–H groups in total. The number of hydrogen-bond donors (Lipinski definition) is 8. The Labute approximate surface area is 804 Å². The number of aliphatic hydroxyl groups is 8. The van der Waals surface area contributed by atoms with Gasteiger partial charge in [-0.05, 0) is 490 Å². The average Bonchev–Trinajstić information content (AvgIpc) is 1.37. The van der Waals surface area contributed by atoms with Gasteiger partial charge in [0, 0.05) is 0 Å². The van der Waals surface area contributed by atoms with E-state index in [1.165, 1.54) is 202 Å². The SMILES string of the molecule is CC[C@]1(O)CC[C@@]2(C)[C@@H](CC[C@@H]3[C@@H]2CC[C@]2(C)[C@@H]([C@H](C)C(O)Cc4ccccc4)CC[C@@H]32)C1.CC[C@]1(O)CC[C@@]2(C)[C@@H](CC[C@@H]3[C@@H]2CC[C@]2(C)[C@@H]([C@H](C)[C@@H](O)Cc4ccccc4)CC[C@@H]32)C1.CC[C@]1(O)CC[C@@]2(C)[C@@H](CC[C@@H]3[C@@H]2CC[C@]2(C)[C@@H]([C@H](C)[C@H](O)Cc4ccccc4)CC[C@@H]32)C1.CC[C@]1(O)CC[C@@]2(C)[C@@H](CC[C@@H]3[C@@H]2CC[C@]2(C)[C@@H]([C@H](C)[C@H](O)Cc4ccccc4)CC[C@@H]32)C1. The molecule has 0 aliphatic heterocycles. The molecule has 4 aromatic rings. The van der Waals surface area contributed by atoms with Crippen molar-refractivity contribution in [2.45, 2.75) is 440 Å². The van der Waals surface area contributed by atoms with E-state index in [0.29, 0.717) is 114 Å². The van der Waals surface area contributed by atoms with E-state index in [0.717, 1.165) is 174 Å². The zero-order valence-electron chi connectivity index (χ0n) is 86.4. The third-order valence-electron chi connectivity index (χ3n) is 48.3. The summed E-state index contributed by atoms with van der Waals surface area (Å²) in [5, 5.41) is 89.1. The molecule has 16 fully saturated rings. The fraction of sp³-hybridized carbons (Fsp3) is 0.806. The van der Waals surface area contributed by atoms with Gasteiger partial charge in [-0.1, -0.05) is 232 Å². The number of rotatable bonds is 20. The highest BCUT2D eigenvalue weighted by Crippen LogP contribution is 2.75. The Hall–Kier alpha value is -3.44. The van der Waals surface area contributed by atoms with E-state index in [1.807, 2.05) is 0 Å². The monoisotopic (exact) mass is 1810 g/mol. The average molecular weight is 1810 g/mol. The van der Waals surface area contributed by atoms with Crippen molar-refractivity contribution in [1.29, 1.82) is 0 Å². The largest absolute Gasteiger partial charge is 0.392 e. The van der Waals surface area contributed by atoms with E-state index in [1.54, 1.807) is 0 Å². The molecule has 8 heteroatoms. The van der Waals surface area contributed by atoms with Crippen LogP contribution < -0.4 is 0 Å². The van der Waals surface area contributed by atoms with Gasteiger partial charge in [0.25, 0.3) is 0 Å². The van der Waals surface area contributed by atoms with Crippen molar-refractivity contribution in [1.82, 2.24) is 0 Å². The summed E-state index contributed by atoms with van der Waals surface area (Å²) in [6, 6.07) is 42.2. The molecular weight excluding hydrogens is 1620 g/mol. The lowest BCUT2D eigenvalue weighted by molar-refractivity contribution is -0.154. The van der Waals surface area contributed by atoms with E-state index >= 15 is 0 Å². The second-order valence-corrected chi connectivity index (χ2v) is 53.1. The number of fused-ring (bicyclic) bond motifs is 20. The van der Waals surface area contributed by atoms with Crippen LogP contribution in [-0.4, -0.2) is 87.7 Å². The van der Waals surface area contributed by atoms with Crippen molar-refractivity contribution in [3.63, 3.8) is 0 Å². The van der Waals surface area contributed by atoms with Crippen LogP contribution in [0.15, 0.2) is 121 Å². The molecule has 0 saturated heterocycles. The summed E-state index contributed by atoms with van der Waals surface area (Å²) in [6.45, 7) is 38.8. The highest BCUT2D eigenvalue weighted by molar-refractivity contribution is 5.24. The first-order chi connectivity index (χ1) is 62.8. The summed E-state index contributed by atoms with van der Waals surface area (Å²) < 4.78 is 0. The lowest BCUT2D eigenvalue weighted by atomic mass is 9.43. The molecule has 0 aromatic heterocycles. The lowest BCUT2D eigenvalue weighted by Gasteiger charge is -2.62. The molecule has 0 bridgehead atoms. The molecule has 8 nitrogen and oxygen atoms in total. The molecular formula is C124H192O8. The van der Waals surface area contributed by atoms with Crippen LogP contribution in [0.2, 0.25) is 0 Å². The normalized spacial score (nSPS) is 46.7. The molecule has 40 atom stereocenters. The predicted molar refractivity (Wildman–Crippen MR) is 543 cm³/mol. The first-order valence-electron chi connectivity index (χ1n) is 56.6. The Balaban J connectivity index is 0.000000123. The Morgan fingerprint density at radius 2 is 0.409 bits per heavy atom. The molecule has 0 heterocycles. The molecule has 0 amide bonds. The maximum atomic E-state index is 11.2. The van der Waals surface area contributed by atoms with Gasteiger partial charge in [0.2, 0.25) is 0 Å². The van der Waals surface area contributed by atoms with E-state index < -0.39 is 22.4 Å². The van der Waals surface area contributed by atoms with Crippen LogP contribution in [0.25, 0.3) is 0 Å². The van der Waals surface area contributed by atoms with Crippen molar-refractivity contribution in [3.05, 3.63) is 144 Å². The molecule has 0 spiro atoms. The molecule has 132 heavy (non-hydrogen) atoms. The summed E-state index contributed by atoms with van der Waals surface area (Å²) in [4.78, 5) is 0. The van der Waals surface area contributed by atoms with Crippen molar-refractivity contribution in [2.75, 3.05) is 0 Å². The first-order valence-corrected chi connectivity index (χ1v) is 56.6. The van der Waals surface area contributed by atoms with Crippen LogP contribution in [0.4, 0.5) is 0 Å². The van der Waals surface area contributed by atoms with E-state index in [2.05, 4.69) is 232 Å². The van der Waals surface area contributed by atoms with Gasteiger partial charge < -0.3 is 40.9 Å². The van der Waals surface area contributed by atoms with E-state index in [9.17, 15) is 40.9 Å². The third kappa shape index (κ3) is 18.5. The van der Waals surface area contributed by atoms with Crippen LogP contribution >= 0.6 is 0 Å². The smallest absolute Gasteiger partial charge is 0.0648 e. The Kier molecular flexibility index (Phi) is 29.7. The molecule has 4 aromatic carbocycles. The van der Waals surface area contributed by atoms with Crippen LogP contribution in [0.1, 0.15) is 390 Å². The van der Waals surface area contributed by atoms with Gasteiger partial charge in [-0.15, -0.1) is 0 Å². The summed E-state index contributed by atoms with van der Waals surface area (Å²) in [7, 11) is 0. The quantitative estimate of drug-likeness (QED) is 0.0434. The summed E-state index contributed by atoms with van der Waals surface area (Å²) in [5.41, 5.74) is 6.73. The van der Waals surface area contributed by atoms with Gasteiger partial charge >= 0.3 is 0 Å². The second-order valence-electron chi connectivity index (χ2n) is 53.1. The number of hydrogen-bond acceptors (Lipinski definition) is 8. The summed E-state index contributed by atoms with van der Waals surface area (Å²) in [5.74, 6) is 17.0. The molecule has 20 rings (SSSR count). The van der Waals surface area contributed by atoms with Gasteiger partial charge in [0.05, 0.1) is 46.8 Å². The zero-order valence-corrected chi connectivity index (χ0v) is 86.4. The topological polar surface area (TPSA) is 162 Å². The molecule has 16 aliphatic carbocycles. The van der Waals surface area contributed by atoms with Crippen LogP contribution in [0.5, 0.6) is 0 Å². The molecule has 1 unspecified atom stereocenters. The second kappa shape index (κ2) is 39.1. The minimum atomic E-state index is -0.400. The predicted octanol–water partition coefficient (Wildman–Crippen LogP) is 28.1. The Morgan fingerprint density at radius 3 is 0.591 bits per heavy atom. The van der Waals surface area contributed by atoms with Gasteiger partial charge in [0.1, 0.15) is 0 Å². The number of aliphatic hydroxyl groups excluding tert-OH is 4. The minimum absolute atomic E-state index is 0.246. The third-order valence-corrected chi connectivity index (χ3v) is 48.3. The highest BCUT2D eigenvalue weighted by Gasteiger charge is 2.68. The van der Waals surface area contributed by atoms with Crippen molar-refractivity contribution in [3.8, 4) is 0 Å². The standard InChI is InChI=1S/4C31H48O2/c4*1-5-31(33)18-17-29(3)23(20-31)11-12-24-26-14-13-25(30(26,4)16-15-27(24)29)21(2)28(32)19-22-9-7-6-8-10-22/h4*6-10,21,23-28,32-33H,5,11-20H2,1-4H3/t21-,23-,24-,25+,26-,27-,28?,29-,30+,31-;2*21-,23-,24-,25+,26-,27-,28+,29-,30+,31-;21-,23-,24-,25+,26-,27-,28-,29-,30+,31-/m0000/s1. The van der Waals surface area contributed by atoms with E-state index in [4.69, 9.17) is 0 Å². The maximum absolute atomic E-state index is 11.2. The Morgan fingerprint density at radius 1 is 0.227 bits per heavy atom. The minimum Gasteiger partial charge on any atom is -0.392 e. The van der Waals surface area contributed by atoms with Gasteiger partial charge in [-0.25, -0.2) is 0 Å². The van der Waals surface area contributed by atoms with Crippen molar-refractivity contribution >= 4 is 0 Å². The van der Waals surface area contributed by atoms with Crippen LogP contribution in [0.3, 0.4) is 0 Å². The molecule has 16 saturated carbocycles. The summed E-state index contributed by atoms with van der Waals surface area (Å²) >= 11 is 0. The van der Waals surface area contributed by atoms with Gasteiger partial charge in [-0.3, -0.25) is 0 Å². The first kappa shape index (κ1) is 100. The van der Waals surface area contributed by atoms with Gasteiger partial charge in [-0.2, -0.15) is 0 Å². The molecule has 736 valence electrons. The molecule has 16 aliphatic rings.